The van der Waals surface area contributed by atoms with Crippen LogP contribution in [0.2, 0.25) is 0 Å². The van der Waals surface area contributed by atoms with E-state index < -0.39 is 9.84 Å². The van der Waals surface area contributed by atoms with Crippen molar-refractivity contribution in [2.75, 3.05) is 24.2 Å². The van der Waals surface area contributed by atoms with E-state index in [1.165, 1.54) is 6.26 Å². The van der Waals surface area contributed by atoms with Gasteiger partial charge in [0, 0.05) is 37.5 Å². The molecule has 1 fully saturated rings. The number of amides is 1. The van der Waals surface area contributed by atoms with Crippen molar-refractivity contribution < 1.29 is 13.2 Å². The van der Waals surface area contributed by atoms with Gasteiger partial charge in [-0.25, -0.2) is 13.4 Å². The van der Waals surface area contributed by atoms with Crippen LogP contribution >= 0.6 is 0 Å². The summed E-state index contributed by atoms with van der Waals surface area (Å²) < 4.78 is 23.8. The lowest BCUT2D eigenvalue weighted by Crippen LogP contribution is -2.44. The molecule has 1 aromatic rings. The van der Waals surface area contributed by atoms with Gasteiger partial charge < -0.3 is 10.2 Å². The van der Waals surface area contributed by atoms with Gasteiger partial charge in [-0.05, 0) is 37.8 Å². The van der Waals surface area contributed by atoms with Crippen molar-refractivity contribution in [1.29, 1.82) is 0 Å². The van der Waals surface area contributed by atoms with E-state index in [0.29, 0.717) is 37.7 Å². The average Bonchev–Trinajstić information content (AvgIpc) is 2.54. The Morgan fingerprint density at radius 3 is 2.46 bits per heavy atom. The first-order chi connectivity index (χ1) is 11.2. The molecule has 0 spiro atoms. The monoisotopic (exact) mass is 353 g/mol. The van der Waals surface area contributed by atoms with Crippen LogP contribution in [-0.4, -0.2) is 44.7 Å². The van der Waals surface area contributed by atoms with Crippen molar-refractivity contribution in [3.63, 3.8) is 0 Å². The molecule has 24 heavy (non-hydrogen) atoms. The Labute approximate surface area is 144 Å². The van der Waals surface area contributed by atoms with E-state index >= 15 is 0 Å². The predicted octanol–water partition coefficient (Wildman–Crippen LogP) is 1.86. The van der Waals surface area contributed by atoms with Crippen LogP contribution in [0.4, 0.5) is 5.82 Å². The fourth-order valence-electron chi connectivity index (χ4n) is 2.77. The van der Waals surface area contributed by atoms with Gasteiger partial charge in [0.25, 0.3) is 0 Å². The number of carbonyl (C=O) groups excluding carboxylic acids is 1. The Hall–Kier alpha value is -1.63. The van der Waals surface area contributed by atoms with E-state index in [1.807, 2.05) is 11.8 Å². The second-order valence-electron chi connectivity index (χ2n) is 6.90. The van der Waals surface area contributed by atoms with Gasteiger partial charge in [0.2, 0.25) is 5.91 Å². The molecular weight excluding hydrogens is 326 g/mol. The van der Waals surface area contributed by atoms with Crippen molar-refractivity contribution >= 4 is 21.6 Å². The third kappa shape index (κ3) is 4.47. The third-order valence-electron chi connectivity index (χ3n) is 4.69. The Morgan fingerprint density at radius 2 is 1.92 bits per heavy atom. The van der Waals surface area contributed by atoms with Crippen molar-refractivity contribution in [2.24, 2.45) is 11.8 Å². The largest absolute Gasteiger partial charge is 0.355 e. The molecule has 2 heterocycles. The summed E-state index contributed by atoms with van der Waals surface area (Å²) in [6.45, 7) is 7.45. The maximum absolute atomic E-state index is 12.3. The Kier molecular flexibility index (Phi) is 5.85. The number of sulfone groups is 1. The normalized spacial score (nSPS) is 17.8. The van der Waals surface area contributed by atoms with E-state index in [1.54, 1.807) is 18.3 Å². The minimum absolute atomic E-state index is 0.0205. The topological polar surface area (TPSA) is 79.4 Å². The summed E-state index contributed by atoms with van der Waals surface area (Å²) in [6.07, 6.45) is 4.21. The molecule has 0 radical (unpaired) electrons. The van der Waals surface area contributed by atoms with E-state index in [4.69, 9.17) is 0 Å². The lowest BCUT2D eigenvalue weighted by Gasteiger charge is -2.33. The number of rotatable bonds is 5. The molecule has 1 aromatic heterocycles. The standard InChI is InChI=1S/C17H27N3O3S/c1-12(2)13(3)19-17(21)14-7-10-20(11-8-14)16-15(24(4,22)23)6-5-9-18-16/h5-6,9,12-14H,7-8,10-11H2,1-4H3,(H,19,21). The van der Waals surface area contributed by atoms with Crippen LogP contribution in [0.3, 0.4) is 0 Å². The molecule has 0 aliphatic carbocycles. The number of aromatic nitrogens is 1. The molecule has 6 nitrogen and oxygen atoms in total. The third-order valence-corrected chi connectivity index (χ3v) is 5.80. The minimum atomic E-state index is -3.32. The van der Waals surface area contributed by atoms with E-state index in [-0.39, 0.29) is 22.8 Å². The molecule has 1 unspecified atom stereocenters. The molecule has 1 aliphatic rings. The number of pyridine rings is 1. The number of nitrogens with zero attached hydrogens (tertiary/aromatic N) is 2. The van der Waals surface area contributed by atoms with Crippen molar-refractivity contribution in [1.82, 2.24) is 10.3 Å². The fraction of sp³-hybridized carbons (Fsp3) is 0.647. The van der Waals surface area contributed by atoms with E-state index in [2.05, 4.69) is 24.1 Å². The number of nitrogens with one attached hydrogen (secondary N) is 1. The Balaban J connectivity index is 2.03. The Morgan fingerprint density at radius 1 is 1.29 bits per heavy atom. The summed E-state index contributed by atoms with van der Waals surface area (Å²) in [5, 5.41) is 3.07. The van der Waals surface area contributed by atoms with Gasteiger partial charge in [-0.3, -0.25) is 4.79 Å². The van der Waals surface area contributed by atoms with Gasteiger partial charge in [0.05, 0.1) is 0 Å². The van der Waals surface area contributed by atoms with E-state index in [9.17, 15) is 13.2 Å². The van der Waals surface area contributed by atoms with Crippen molar-refractivity contribution in [3.8, 4) is 0 Å². The molecular formula is C17H27N3O3S. The molecule has 2 rings (SSSR count). The maximum Gasteiger partial charge on any atom is 0.223 e. The highest BCUT2D eigenvalue weighted by atomic mass is 32.2. The van der Waals surface area contributed by atoms with Crippen LogP contribution in [0, 0.1) is 11.8 Å². The van der Waals surface area contributed by atoms with Crippen LogP contribution in [0.25, 0.3) is 0 Å². The lowest BCUT2D eigenvalue weighted by molar-refractivity contribution is -0.126. The first kappa shape index (κ1) is 18.7. The fourth-order valence-corrected chi connectivity index (χ4v) is 3.61. The molecule has 0 aromatic carbocycles. The van der Waals surface area contributed by atoms with Crippen LogP contribution < -0.4 is 10.2 Å². The predicted molar refractivity (Wildman–Crippen MR) is 94.7 cm³/mol. The summed E-state index contributed by atoms with van der Waals surface area (Å²) >= 11 is 0. The molecule has 0 bridgehead atoms. The zero-order chi connectivity index (χ0) is 17.9. The van der Waals surface area contributed by atoms with Gasteiger partial charge in [0.15, 0.2) is 9.84 Å². The first-order valence-corrected chi connectivity index (χ1v) is 10.3. The van der Waals surface area contributed by atoms with E-state index in [0.717, 1.165) is 0 Å². The van der Waals surface area contributed by atoms with Crippen molar-refractivity contribution in [3.05, 3.63) is 18.3 Å². The summed E-state index contributed by atoms with van der Waals surface area (Å²) in [4.78, 5) is 18.8. The number of piperidine rings is 1. The summed E-state index contributed by atoms with van der Waals surface area (Å²) in [7, 11) is -3.32. The highest BCUT2D eigenvalue weighted by Gasteiger charge is 2.28. The zero-order valence-electron chi connectivity index (χ0n) is 14.8. The lowest BCUT2D eigenvalue weighted by atomic mass is 9.95. The zero-order valence-corrected chi connectivity index (χ0v) is 15.6. The smallest absolute Gasteiger partial charge is 0.223 e. The molecule has 1 aliphatic heterocycles. The molecule has 0 saturated carbocycles. The SMILES string of the molecule is CC(C)C(C)NC(=O)C1CCN(c2ncccc2S(C)(=O)=O)CC1. The number of hydrogen-bond donors (Lipinski definition) is 1. The van der Waals surface area contributed by atoms with Gasteiger partial charge in [-0.2, -0.15) is 0 Å². The highest BCUT2D eigenvalue weighted by Crippen LogP contribution is 2.27. The second-order valence-corrected chi connectivity index (χ2v) is 8.88. The van der Waals surface area contributed by atoms with Crippen LogP contribution in [0.1, 0.15) is 33.6 Å². The van der Waals surface area contributed by atoms with Gasteiger partial charge in [-0.1, -0.05) is 13.8 Å². The average molecular weight is 353 g/mol. The van der Waals surface area contributed by atoms with Crippen molar-refractivity contribution in [2.45, 2.75) is 44.6 Å². The van der Waals surface area contributed by atoms with Crippen LogP contribution in [-0.2, 0) is 14.6 Å². The van der Waals surface area contributed by atoms with Crippen LogP contribution in [0.15, 0.2) is 23.2 Å². The maximum atomic E-state index is 12.3. The molecule has 134 valence electrons. The molecule has 7 heteroatoms. The highest BCUT2D eigenvalue weighted by molar-refractivity contribution is 7.90. The molecule has 1 N–H and O–H groups in total. The van der Waals surface area contributed by atoms with Gasteiger partial charge >= 0.3 is 0 Å². The van der Waals surface area contributed by atoms with Crippen LogP contribution in [0.5, 0.6) is 0 Å². The molecule has 1 saturated heterocycles. The first-order valence-electron chi connectivity index (χ1n) is 8.40. The number of carbonyl (C=O) groups is 1. The number of anilines is 1. The molecule has 1 amide bonds. The minimum Gasteiger partial charge on any atom is -0.355 e. The summed E-state index contributed by atoms with van der Waals surface area (Å²) in [6, 6.07) is 3.37. The quantitative estimate of drug-likeness (QED) is 0.874. The van der Waals surface area contributed by atoms with Gasteiger partial charge in [0.1, 0.15) is 10.7 Å². The van der Waals surface area contributed by atoms with Gasteiger partial charge in [-0.15, -0.1) is 0 Å². The Bertz CT molecular complexity index is 680. The summed E-state index contributed by atoms with van der Waals surface area (Å²) in [5.74, 6) is 0.974. The number of hydrogen-bond acceptors (Lipinski definition) is 5. The second kappa shape index (κ2) is 7.51. The molecule has 1 atom stereocenters. The summed E-state index contributed by atoms with van der Waals surface area (Å²) in [5.41, 5.74) is 0.